The van der Waals surface area contributed by atoms with Gasteiger partial charge in [0.2, 0.25) is 0 Å². The number of nitrogens with zero attached hydrogens (tertiary/aromatic N) is 3. The quantitative estimate of drug-likeness (QED) is 0.182. The topological polar surface area (TPSA) is 51.8 Å². The molecule has 0 atom stereocenters. The Morgan fingerprint density at radius 2 is 0.959 bits per heavy atom. The first-order chi connectivity index (χ1) is 26.4. The van der Waals surface area contributed by atoms with Gasteiger partial charge in [0.05, 0.1) is 6.85 Å². The molecule has 2 aromatic heterocycles. The van der Waals surface area contributed by atoms with Gasteiger partial charge in [0.15, 0.2) is 17.5 Å². The van der Waals surface area contributed by atoms with Gasteiger partial charge in [0.1, 0.15) is 11.2 Å². The van der Waals surface area contributed by atoms with Crippen molar-refractivity contribution in [3.05, 3.63) is 164 Å². The predicted molar refractivity (Wildman–Crippen MR) is 201 cm³/mol. The zero-order chi connectivity index (χ0) is 36.7. The highest BCUT2D eigenvalue weighted by Crippen LogP contribution is 2.41. The highest BCUT2D eigenvalue weighted by molar-refractivity contribution is 6.26. The molecule has 2 heterocycles. The molecular weight excluding hydrogens is 599 g/mol. The number of hydrogen-bond donors (Lipinski definition) is 0. The first-order valence-corrected chi connectivity index (χ1v) is 16.0. The first-order valence-electron chi connectivity index (χ1n) is 18.5. The number of aromatic nitrogens is 3. The van der Waals surface area contributed by atoms with Gasteiger partial charge in [-0.05, 0) is 67.7 Å². The molecular formula is C45H27N3O. The van der Waals surface area contributed by atoms with Crippen LogP contribution in [0, 0.1) is 0 Å². The maximum absolute atomic E-state index is 8.62. The van der Waals surface area contributed by atoms with Crippen LogP contribution in [0.3, 0.4) is 0 Å². The lowest BCUT2D eigenvalue weighted by Crippen LogP contribution is -2.00. The summed E-state index contributed by atoms with van der Waals surface area (Å²) >= 11 is 0. The van der Waals surface area contributed by atoms with Crippen molar-refractivity contribution in [1.29, 1.82) is 0 Å². The number of furan rings is 1. The van der Waals surface area contributed by atoms with E-state index in [2.05, 4.69) is 77.8 Å². The van der Waals surface area contributed by atoms with E-state index in [-0.39, 0.29) is 29.3 Å². The highest BCUT2D eigenvalue weighted by atomic mass is 16.3. The fourth-order valence-corrected chi connectivity index (χ4v) is 6.98. The van der Waals surface area contributed by atoms with Crippen LogP contribution in [-0.2, 0) is 0 Å². The summed E-state index contributed by atoms with van der Waals surface area (Å²) in [6.45, 7) is 0. The van der Waals surface area contributed by atoms with E-state index in [0.717, 1.165) is 27.5 Å². The van der Waals surface area contributed by atoms with Crippen molar-refractivity contribution in [3.63, 3.8) is 0 Å². The normalized spacial score (nSPS) is 13.1. The Morgan fingerprint density at radius 1 is 0.388 bits per heavy atom. The molecule has 0 radical (unpaired) electrons. The second kappa shape index (κ2) is 11.0. The number of fused-ring (bicyclic) bond motifs is 9. The monoisotopic (exact) mass is 630 g/mol. The molecule has 0 saturated carbocycles. The first kappa shape index (κ1) is 22.8. The summed E-state index contributed by atoms with van der Waals surface area (Å²) in [7, 11) is 0. The minimum atomic E-state index is -0.480. The summed E-state index contributed by atoms with van der Waals surface area (Å²) in [6.07, 6.45) is 0. The zero-order valence-electron chi connectivity index (χ0n) is 31.0. The third-order valence-electron chi connectivity index (χ3n) is 9.20. The lowest BCUT2D eigenvalue weighted by Gasteiger charge is -2.12. The van der Waals surface area contributed by atoms with Gasteiger partial charge in [-0.3, -0.25) is 0 Å². The van der Waals surface area contributed by atoms with E-state index in [1.807, 2.05) is 60.7 Å². The summed E-state index contributed by atoms with van der Waals surface area (Å²) in [5, 5.41) is 9.20. The fourth-order valence-electron chi connectivity index (χ4n) is 6.98. The van der Waals surface area contributed by atoms with Crippen LogP contribution in [0.25, 0.3) is 99.5 Å². The Balaban J connectivity index is 1.15. The van der Waals surface area contributed by atoms with Gasteiger partial charge in [-0.15, -0.1) is 0 Å². The third kappa shape index (κ3) is 4.49. The lowest BCUT2D eigenvalue weighted by atomic mass is 9.91. The summed E-state index contributed by atoms with van der Waals surface area (Å²) in [4.78, 5) is 14.1. The second-order valence-electron chi connectivity index (χ2n) is 12.0. The molecule has 0 N–H and O–H groups in total. The van der Waals surface area contributed by atoms with Gasteiger partial charge in [-0.2, -0.15) is 0 Å². The minimum absolute atomic E-state index is 0.0144. The summed E-state index contributed by atoms with van der Waals surface area (Å²) in [6, 6.07) is 42.9. The second-order valence-corrected chi connectivity index (χ2v) is 12.0. The third-order valence-corrected chi connectivity index (χ3v) is 9.20. The molecule has 0 bridgehead atoms. The van der Waals surface area contributed by atoms with Crippen LogP contribution in [-0.4, -0.2) is 15.0 Å². The molecule has 0 saturated heterocycles. The Kier molecular flexibility index (Phi) is 5.10. The predicted octanol–water partition coefficient (Wildman–Crippen LogP) is 11.9. The van der Waals surface area contributed by atoms with Crippen LogP contribution in [0.1, 0.15) is 6.85 Å². The number of benzene rings is 8. The van der Waals surface area contributed by atoms with Gasteiger partial charge in [0.25, 0.3) is 0 Å². The summed E-state index contributed by atoms with van der Waals surface area (Å²) < 4.78 is 48.3. The van der Waals surface area contributed by atoms with Crippen LogP contribution in [0.2, 0.25) is 0 Å². The van der Waals surface area contributed by atoms with E-state index in [1.165, 1.54) is 32.3 Å². The lowest BCUT2D eigenvalue weighted by molar-refractivity contribution is 0.669. The average molecular weight is 631 g/mol. The van der Waals surface area contributed by atoms with Gasteiger partial charge < -0.3 is 4.42 Å². The molecule has 10 aromatic rings. The van der Waals surface area contributed by atoms with Gasteiger partial charge >= 0.3 is 0 Å². The summed E-state index contributed by atoms with van der Waals surface area (Å²) in [5.41, 5.74) is 4.73. The Hall–Kier alpha value is -6.65. The minimum Gasteiger partial charge on any atom is -0.456 e. The maximum Gasteiger partial charge on any atom is 0.164 e. The Morgan fingerprint density at radius 3 is 1.67 bits per heavy atom. The molecule has 0 amide bonds. The van der Waals surface area contributed by atoms with Crippen LogP contribution in [0.4, 0.5) is 0 Å². The van der Waals surface area contributed by atoms with Crippen LogP contribution in [0.15, 0.2) is 168 Å². The average Bonchev–Trinajstić information content (AvgIpc) is 3.61. The van der Waals surface area contributed by atoms with Crippen molar-refractivity contribution in [1.82, 2.24) is 15.0 Å². The van der Waals surface area contributed by atoms with E-state index in [9.17, 15) is 0 Å². The van der Waals surface area contributed by atoms with Crippen LogP contribution < -0.4 is 0 Å². The highest BCUT2D eigenvalue weighted by Gasteiger charge is 2.17. The molecule has 0 unspecified atom stereocenters. The van der Waals surface area contributed by atoms with Gasteiger partial charge in [-0.25, -0.2) is 15.0 Å². The largest absolute Gasteiger partial charge is 0.456 e. The fraction of sp³-hybridized carbons (Fsp3) is 0. The Bertz CT molecular complexity index is 3120. The van der Waals surface area contributed by atoms with Crippen molar-refractivity contribution >= 4 is 54.3 Å². The van der Waals surface area contributed by atoms with Crippen molar-refractivity contribution in [2.75, 3.05) is 0 Å². The standard InChI is InChI=1S/C45H27N3O/c1-3-12-28(13-4-1)43-46-44(29-14-5-2-6-15-29)48-45(47-43)31-23-25-38-41(27-31)49-40-21-11-20-32(42(38)40)30-22-24-37-35-18-8-7-16-33(35)34-17-9-10-19-36(34)39(37)26-30/h1-27H/i1D,3D,4D,12D,13D. The molecule has 8 aromatic carbocycles. The SMILES string of the molecule is [2H]c1c([2H])c([2H])c(-c2nc(-c3ccccc3)nc(-c3ccc4c(c3)oc3cccc(-c5ccc6c7ccccc7c7ccccc7c6c5)c34)n2)c([2H])c1[2H]. The van der Waals surface area contributed by atoms with E-state index in [1.54, 1.807) is 0 Å². The van der Waals surface area contributed by atoms with Crippen molar-refractivity contribution < 1.29 is 11.3 Å². The van der Waals surface area contributed by atoms with Gasteiger partial charge in [-0.1, -0.05) is 139 Å². The summed E-state index contributed by atoms with van der Waals surface area (Å²) in [5.74, 6) is 0.576. The molecule has 0 aliphatic rings. The number of rotatable bonds is 4. The van der Waals surface area contributed by atoms with Crippen molar-refractivity contribution in [2.45, 2.75) is 0 Å². The number of hydrogen-bond acceptors (Lipinski definition) is 4. The molecule has 0 fully saturated rings. The molecule has 0 spiro atoms. The molecule has 4 nitrogen and oxygen atoms in total. The molecule has 10 rings (SSSR count). The molecule has 49 heavy (non-hydrogen) atoms. The Labute approximate surface area is 289 Å². The molecule has 4 heteroatoms. The van der Waals surface area contributed by atoms with Gasteiger partial charge in [0, 0.05) is 27.5 Å². The van der Waals surface area contributed by atoms with Crippen LogP contribution in [0.5, 0.6) is 0 Å². The maximum atomic E-state index is 8.62. The van der Waals surface area contributed by atoms with E-state index in [0.29, 0.717) is 22.5 Å². The van der Waals surface area contributed by atoms with Crippen molar-refractivity contribution in [2.24, 2.45) is 0 Å². The van der Waals surface area contributed by atoms with E-state index < -0.39 is 18.1 Å². The van der Waals surface area contributed by atoms with Crippen molar-refractivity contribution in [3.8, 4) is 45.3 Å². The molecule has 0 aliphatic heterocycles. The zero-order valence-corrected chi connectivity index (χ0v) is 26.0. The molecule has 0 aliphatic carbocycles. The van der Waals surface area contributed by atoms with E-state index in [4.69, 9.17) is 21.2 Å². The molecule has 228 valence electrons. The smallest absolute Gasteiger partial charge is 0.164 e. The van der Waals surface area contributed by atoms with E-state index >= 15 is 0 Å². The van der Waals surface area contributed by atoms with Crippen LogP contribution >= 0.6 is 0 Å².